The lowest BCUT2D eigenvalue weighted by Crippen LogP contribution is -2.10. The van der Waals surface area contributed by atoms with Gasteiger partial charge in [-0.1, -0.05) is 30.7 Å². The third kappa shape index (κ3) is 6.10. The zero-order chi connectivity index (χ0) is 14.7. The lowest BCUT2D eigenvalue weighted by molar-refractivity contribution is -0.139. The molecule has 0 saturated heterocycles. The number of rotatable bonds is 5. The van der Waals surface area contributed by atoms with Crippen LogP contribution in [0.15, 0.2) is 34.9 Å². The smallest absolute Gasteiger partial charge is 0.310 e. The van der Waals surface area contributed by atoms with Gasteiger partial charge in [-0.25, -0.2) is 0 Å². The molecule has 18 heavy (non-hydrogen) atoms. The van der Waals surface area contributed by atoms with Crippen LogP contribution in [-0.2, 0) is 4.79 Å². The van der Waals surface area contributed by atoms with Gasteiger partial charge in [0.1, 0.15) is 0 Å². The van der Waals surface area contributed by atoms with Crippen molar-refractivity contribution in [3.05, 3.63) is 34.9 Å². The van der Waals surface area contributed by atoms with E-state index in [0.717, 1.165) is 17.6 Å². The molecule has 100 valence electrons. The van der Waals surface area contributed by atoms with E-state index in [-0.39, 0.29) is 0 Å². The molecule has 0 aromatic rings. The molecule has 0 aliphatic rings. The van der Waals surface area contributed by atoms with Crippen LogP contribution in [0.5, 0.6) is 0 Å². The molecule has 0 rings (SSSR count). The van der Waals surface area contributed by atoms with Crippen LogP contribution in [0.2, 0.25) is 0 Å². The van der Waals surface area contributed by atoms with Gasteiger partial charge in [0.25, 0.3) is 0 Å². The molecule has 0 spiro atoms. The Balaban J connectivity index is 0. The van der Waals surface area contributed by atoms with Crippen molar-refractivity contribution in [1.29, 1.82) is 0 Å². The van der Waals surface area contributed by atoms with Gasteiger partial charge in [0.2, 0.25) is 0 Å². The molecule has 0 fully saturated rings. The number of carboxylic acids is 1. The minimum Gasteiger partial charge on any atom is -0.481 e. The van der Waals surface area contributed by atoms with Crippen molar-refractivity contribution in [2.24, 2.45) is 5.92 Å². The van der Waals surface area contributed by atoms with E-state index in [4.69, 9.17) is 5.11 Å². The van der Waals surface area contributed by atoms with Crippen LogP contribution in [-0.4, -0.2) is 11.1 Å². The topological polar surface area (TPSA) is 37.3 Å². The summed E-state index contributed by atoms with van der Waals surface area (Å²) in [6, 6.07) is 0. The van der Waals surface area contributed by atoms with Crippen molar-refractivity contribution < 1.29 is 9.90 Å². The van der Waals surface area contributed by atoms with Gasteiger partial charge in [0, 0.05) is 0 Å². The van der Waals surface area contributed by atoms with E-state index in [1.54, 1.807) is 6.92 Å². The summed E-state index contributed by atoms with van der Waals surface area (Å²) in [5.74, 6) is -1.20. The molecule has 0 bridgehead atoms. The van der Waals surface area contributed by atoms with Crippen LogP contribution in [0.4, 0.5) is 0 Å². The van der Waals surface area contributed by atoms with Gasteiger partial charge in [-0.15, -0.1) is 12.8 Å². The average molecular weight is 248 g/mol. The summed E-state index contributed by atoms with van der Waals surface area (Å²) in [7, 11) is 0. The van der Waals surface area contributed by atoms with Gasteiger partial charge >= 0.3 is 5.97 Å². The first-order chi connectivity index (χ1) is 8.47. The normalized spacial score (nSPS) is 14.5. The first-order valence-electron chi connectivity index (χ1n) is 6.04. The standard InChI is InChI=1S/C14H22O2.C2H2/c1-6-12(7-2)13(8-3)9-10(4)11(5)14(15)16;1-2/h6,8-9,11H,7H2,1-5H3,(H,15,16);1-2H/b10-9+,12-6+,13-8+;. The van der Waals surface area contributed by atoms with Crippen LogP contribution >= 0.6 is 0 Å². The molecular formula is C16H24O2. The third-order valence-corrected chi connectivity index (χ3v) is 2.85. The van der Waals surface area contributed by atoms with E-state index in [1.165, 1.54) is 5.57 Å². The predicted molar refractivity (Wildman–Crippen MR) is 78.3 cm³/mol. The van der Waals surface area contributed by atoms with Gasteiger partial charge in [-0.2, -0.15) is 0 Å². The number of hydrogen-bond acceptors (Lipinski definition) is 1. The Hall–Kier alpha value is -1.75. The quantitative estimate of drug-likeness (QED) is 0.584. The van der Waals surface area contributed by atoms with Crippen molar-refractivity contribution in [2.45, 2.75) is 41.0 Å². The Bertz CT molecular complexity index is 368. The fourth-order valence-electron chi connectivity index (χ4n) is 1.50. The maximum Gasteiger partial charge on any atom is 0.310 e. The first-order valence-corrected chi connectivity index (χ1v) is 6.04. The Morgan fingerprint density at radius 3 is 2.06 bits per heavy atom. The summed E-state index contributed by atoms with van der Waals surface area (Å²) in [4.78, 5) is 10.8. The summed E-state index contributed by atoms with van der Waals surface area (Å²) in [6.45, 7) is 9.66. The van der Waals surface area contributed by atoms with Crippen molar-refractivity contribution in [3.8, 4) is 12.8 Å². The molecule has 0 heterocycles. The molecular weight excluding hydrogens is 224 g/mol. The number of carbonyl (C=O) groups is 1. The average Bonchev–Trinajstić information content (AvgIpc) is 2.39. The lowest BCUT2D eigenvalue weighted by atomic mass is 9.96. The second kappa shape index (κ2) is 10.4. The Morgan fingerprint density at radius 1 is 1.28 bits per heavy atom. The number of carboxylic acid groups (broad SMARTS) is 1. The fourth-order valence-corrected chi connectivity index (χ4v) is 1.50. The number of allylic oxidation sites excluding steroid dienone is 5. The molecule has 2 heteroatoms. The molecule has 1 atom stereocenters. The number of hydrogen-bond donors (Lipinski definition) is 1. The van der Waals surface area contributed by atoms with Crippen LogP contribution < -0.4 is 0 Å². The van der Waals surface area contributed by atoms with Gasteiger partial charge in [0.05, 0.1) is 5.92 Å². The Morgan fingerprint density at radius 2 is 1.78 bits per heavy atom. The second-order valence-corrected chi connectivity index (χ2v) is 3.86. The van der Waals surface area contributed by atoms with Crippen molar-refractivity contribution in [2.75, 3.05) is 0 Å². The monoisotopic (exact) mass is 248 g/mol. The highest BCUT2D eigenvalue weighted by Crippen LogP contribution is 2.20. The largest absolute Gasteiger partial charge is 0.481 e. The van der Waals surface area contributed by atoms with Crippen molar-refractivity contribution in [3.63, 3.8) is 0 Å². The molecule has 0 saturated carbocycles. The first kappa shape index (κ1) is 18.6. The highest BCUT2D eigenvalue weighted by atomic mass is 16.4. The van der Waals surface area contributed by atoms with E-state index in [1.807, 2.05) is 32.9 Å². The third-order valence-electron chi connectivity index (χ3n) is 2.85. The molecule has 0 aliphatic heterocycles. The van der Waals surface area contributed by atoms with Crippen molar-refractivity contribution in [1.82, 2.24) is 0 Å². The Kier molecular flexibility index (Phi) is 10.8. The summed E-state index contributed by atoms with van der Waals surface area (Å²) < 4.78 is 0. The molecule has 0 aromatic heterocycles. The molecule has 0 radical (unpaired) electrons. The van der Waals surface area contributed by atoms with Crippen LogP contribution in [0.3, 0.4) is 0 Å². The molecule has 0 aromatic carbocycles. The van der Waals surface area contributed by atoms with Crippen LogP contribution in [0.25, 0.3) is 0 Å². The molecule has 0 amide bonds. The van der Waals surface area contributed by atoms with E-state index in [2.05, 4.69) is 25.8 Å². The SMILES string of the molecule is C#C.C/C=C(\C=C(/C)C(C)C(=O)O)C(=C/C)/CC. The van der Waals surface area contributed by atoms with Crippen LogP contribution in [0.1, 0.15) is 41.0 Å². The number of terminal acetylenes is 1. The van der Waals surface area contributed by atoms with E-state index >= 15 is 0 Å². The second-order valence-electron chi connectivity index (χ2n) is 3.86. The maximum absolute atomic E-state index is 10.8. The van der Waals surface area contributed by atoms with E-state index in [0.29, 0.717) is 0 Å². The lowest BCUT2D eigenvalue weighted by Gasteiger charge is -2.10. The van der Waals surface area contributed by atoms with Gasteiger partial charge in [0.15, 0.2) is 0 Å². The summed E-state index contributed by atoms with van der Waals surface area (Å²) in [5.41, 5.74) is 3.25. The van der Waals surface area contributed by atoms with E-state index < -0.39 is 11.9 Å². The Labute approximate surface area is 111 Å². The van der Waals surface area contributed by atoms with E-state index in [9.17, 15) is 4.79 Å². The maximum atomic E-state index is 10.8. The molecule has 0 aliphatic carbocycles. The number of aliphatic carboxylic acids is 1. The zero-order valence-corrected chi connectivity index (χ0v) is 12.0. The predicted octanol–water partition coefficient (Wildman–Crippen LogP) is 4.21. The fraction of sp³-hybridized carbons (Fsp3) is 0.438. The van der Waals surface area contributed by atoms with Crippen LogP contribution in [0, 0.1) is 18.8 Å². The summed E-state index contributed by atoms with van der Waals surface area (Å²) in [6.07, 6.45) is 15.0. The zero-order valence-electron chi connectivity index (χ0n) is 12.0. The van der Waals surface area contributed by atoms with Gasteiger partial charge < -0.3 is 5.11 Å². The highest BCUT2D eigenvalue weighted by molar-refractivity contribution is 5.73. The molecule has 2 nitrogen and oxygen atoms in total. The molecule has 1 N–H and O–H groups in total. The minimum absolute atomic E-state index is 0.426. The summed E-state index contributed by atoms with van der Waals surface area (Å²) >= 11 is 0. The molecule has 1 unspecified atom stereocenters. The van der Waals surface area contributed by atoms with Crippen molar-refractivity contribution >= 4 is 5.97 Å². The highest BCUT2D eigenvalue weighted by Gasteiger charge is 2.13. The minimum atomic E-state index is -0.775. The van der Waals surface area contributed by atoms with Gasteiger partial charge in [-0.3, -0.25) is 4.79 Å². The summed E-state index contributed by atoms with van der Waals surface area (Å²) in [5, 5.41) is 8.92. The van der Waals surface area contributed by atoms with Gasteiger partial charge in [-0.05, 0) is 45.3 Å².